The summed E-state index contributed by atoms with van der Waals surface area (Å²) in [6, 6.07) is 0. The Hall–Kier alpha value is -1.84. The summed E-state index contributed by atoms with van der Waals surface area (Å²) in [7, 11) is 0. The molecule has 0 bridgehead atoms. The Morgan fingerprint density at radius 1 is 1.59 bits per heavy atom. The van der Waals surface area contributed by atoms with Gasteiger partial charge in [0.25, 0.3) is 5.91 Å². The van der Waals surface area contributed by atoms with Crippen LogP contribution in [0.5, 0.6) is 0 Å². The average molecular weight is 233 g/mol. The van der Waals surface area contributed by atoms with Crippen molar-refractivity contribution < 1.29 is 4.79 Å². The maximum Gasteiger partial charge on any atom is 0.271 e. The first-order valence-electron chi connectivity index (χ1n) is 5.76. The molecule has 0 aliphatic carbocycles. The highest BCUT2D eigenvalue weighted by Gasteiger charge is 2.09. The predicted octanol–water partition coefficient (Wildman–Crippen LogP) is 2.36. The third-order valence-corrected chi connectivity index (χ3v) is 2.33. The van der Waals surface area contributed by atoms with E-state index in [9.17, 15) is 4.79 Å². The summed E-state index contributed by atoms with van der Waals surface area (Å²) in [5.41, 5.74) is 2.45. The molecule has 92 valence electrons. The number of hydrogen-bond acceptors (Lipinski definition) is 2. The van der Waals surface area contributed by atoms with Crippen LogP contribution in [0.1, 0.15) is 36.5 Å². The van der Waals surface area contributed by atoms with E-state index >= 15 is 0 Å². The van der Waals surface area contributed by atoms with E-state index in [0.29, 0.717) is 12.2 Å². The van der Waals surface area contributed by atoms with Crippen molar-refractivity contribution in [2.75, 3.05) is 6.54 Å². The largest absolute Gasteiger partial charge is 0.348 e. The smallest absolute Gasteiger partial charge is 0.271 e. The Morgan fingerprint density at radius 3 is 2.94 bits per heavy atom. The molecule has 1 amide bonds. The predicted molar refractivity (Wildman–Crippen MR) is 68.8 cm³/mol. The van der Waals surface area contributed by atoms with Crippen LogP contribution in [0.2, 0.25) is 0 Å². The first-order valence-corrected chi connectivity index (χ1v) is 5.76. The van der Waals surface area contributed by atoms with Crippen LogP contribution in [0.15, 0.2) is 30.1 Å². The number of allylic oxidation sites excluding steroid dienone is 3. The van der Waals surface area contributed by atoms with Crippen molar-refractivity contribution in [3.63, 3.8) is 0 Å². The molecule has 1 rings (SSSR count). The van der Waals surface area contributed by atoms with Gasteiger partial charge in [-0.15, -0.1) is 0 Å². The lowest BCUT2D eigenvalue weighted by Gasteiger charge is -1.99. The number of hydrogen-bond donors (Lipinski definition) is 2. The van der Waals surface area contributed by atoms with Crippen molar-refractivity contribution >= 4 is 5.91 Å². The number of aryl methyl sites for hydroxylation is 1. The van der Waals surface area contributed by atoms with Gasteiger partial charge >= 0.3 is 0 Å². The van der Waals surface area contributed by atoms with E-state index in [1.807, 2.05) is 26.0 Å². The Labute approximate surface area is 102 Å². The number of carbonyl (C=O) groups excluding carboxylic acids is 1. The number of H-pyrrole nitrogens is 1. The minimum Gasteiger partial charge on any atom is -0.348 e. The second-order valence-corrected chi connectivity index (χ2v) is 3.84. The van der Waals surface area contributed by atoms with Crippen molar-refractivity contribution in [3.8, 4) is 0 Å². The van der Waals surface area contributed by atoms with Gasteiger partial charge in [0.2, 0.25) is 0 Å². The fourth-order valence-corrected chi connectivity index (χ4v) is 1.46. The van der Waals surface area contributed by atoms with Gasteiger partial charge in [-0.25, -0.2) is 4.98 Å². The van der Waals surface area contributed by atoms with Gasteiger partial charge in [0.15, 0.2) is 0 Å². The van der Waals surface area contributed by atoms with E-state index in [-0.39, 0.29) is 5.91 Å². The van der Waals surface area contributed by atoms with Crippen molar-refractivity contribution in [2.24, 2.45) is 0 Å². The van der Waals surface area contributed by atoms with Crippen LogP contribution in [0.3, 0.4) is 0 Å². The highest BCUT2D eigenvalue weighted by atomic mass is 16.1. The molecule has 1 aromatic rings. The van der Waals surface area contributed by atoms with Gasteiger partial charge in [-0.05, 0) is 20.3 Å². The summed E-state index contributed by atoms with van der Waals surface area (Å²) in [4.78, 5) is 18.5. The van der Waals surface area contributed by atoms with Crippen LogP contribution in [-0.2, 0) is 0 Å². The van der Waals surface area contributed by atoms with Crippen LogP contribution >= 0.6 is 0 Å². The second-order valence-electron chi connectivity index (χ2n) is 3.84. The monoisotopic (exact) mass is 233 g/mol. The minimum atomic E-state index is -0.148. The lowest BCUT2D eigenvalue weighted by atomic mass is 10.2. The molecule has 0 saturated carbocycles. The van der Waals surface area contributed by atoms with E-state index in [1.165, 1.54) is 11.9 Å². The fraction of sp³-hybridized carbons (Fsp3) is 0.385. The van der Waals surface area contributed by atoms with Crippen LogP contribution in [0.25, 0.3) is 0 Å². The maximum absolute atomic E-state index is 11.7. The molecule has 17 heavy (non-hydrogen) atoms. The number of imidazole rings is 1. The molecule has 2 N–H and O–H groups in total. The van der Waals surface area contributed by atoms with Crippen molar-refractivity contribution in [1.29, 1.82) is 0 Å². The third-order valence-electron chi connectivity index (χ3n) is 2.33. The van der Waals surface area contributed by atoms with E-state index in [4.69, 9.17) is 0 Å². The van der Waals surface area contributed by atoms with Gasteiger partial charge in [0.1, 0.15) is 5.69 Å². The van der Waals surface area contributed by atoms with E-state index < -0.39 is 0 Å². The van der Waals surface area contributed by atoms with Gasteiger partial charge in [-0.2, -0.15) is 0 Å². The van der Waals surface area contributed by atoms with E-state index in [1.54, 1.807) is 0 Å². The number of aromatic nitrogens is 2. The Balaban J connectivity index is 2.40. The van der Waals surface area contributed by atoms with E-state index in [0.717, 1.165) is 12.1 Å². The fourth-order valence-electron chi connectivity index (χ4n) is 1.46. The molecule has 0 aliphatic heterocycles. The van der Waals surface area contributed by atoms with Crippen LogP contribution < -0.4 is 5.32 Å². The normalized spacial score (nSPS) is 12.1. The molecule has 4 nitrogen and oxygen atoms in total. The first-order chi connectivity index (χ1) is 8.15. The van der Waals surface area contributed by atoms with Crippen LogP contribution in [0.4, 0.5) is 0 Å². The number of nitrogens with one attached hydrogen (secondary N) is 2. The molecule has 0 radical (unpaired) electrons. The molecule has 0 fully saturated rings. The maximum atomic E-state index is 11.7. The molecule has 0 atom stereocenters. The topological polar surface area (TPSA) is 57.8 Å². The highest BCUT2D eigenvalue weighted by molar-refractivity contribution is 5.93. The SMILES string of the molecule is CC/C=C(C)/C=C/CNC(=O)c1nc[nH]c1C. The number of nitrogens with zero attached hydrogens (tertiary/aromatic N) is 1. The molecular weight excluding hydrogens is 214 g/mol. The Bertz CT molecular complexity index is 430. The van der Waals surface area contributed by atoms with Gasteiger partial charge in [-0.3, -0.25) is 4.79 Å². The summed E-state index contributed by atoms with van der Waals surface area (Å²) in [6.07, 6.45) is 8.61. The summed E-state index contributed by atoms with van der Waals surface area (Å²) < 4.78 is 0. The zero-order chi connectivity index (χ0) is 12.7. The van der Waals surface area contributed by atoms with Gasteiger partial charge in [0.05, 0.1) is 6.33 Å². The zero-order valence-electron chi connectivity index (χ0n) is 10.6. The molecule has 1 heterocycles. The molecule has 0 spiro atoms. The van der Waals surface area contributed by atoms with Crippen molar-refractivity contribution in [3.05, 3.63) is 41.5 Å². The van der Waals surface area contributed by atoms with Gasteiger partial charge in [-0.1, -0.05) is 30.7 Å². The second kappa shape index (κ2) is 6.68. The molecule has 0 aromatic carbocycles. The highest BCUT2D eigenvalue weighted by Crippen LogP contribution is 2.00. The standard InChI is InChI=1S/C13H19N3O/c1-4-6-10(2)7-5-8-14-13(17)12-11(3)15-9-16-12/h5-7,9H,4,8H2,1-3H3,(H,14,17)(H,15,16)/b7-5+,10-6+. The van der Waals surface area contributed by atoms with Crippen molar-refractivity contribution in [1.82, 2.24) is 15.3 Å². The molecular formula is C13H19N3O. The number of aromatic amines is 1. The average Bonchev–Trinajstić information content (AvgIpc) is 2.71. The molecule has 4 heteroatoms. The molecule has 1 aromatic heterocycles. The lowest BCUT2D eigenvalue weighted by molar-refractivity contribution is 0.0953. The van der Waals surface area contributed by atoms with Gasteiger partial charge < -0.3 is 10.3 Å². The number of amides is 1. The summed E-state index contributed by atoms with van der Waals surface area (Å²) >= 11 is 0. The number of carbonyl (C=O) groups is 1. The lowest BCUT2D eigenvalue weighted by Crippen LogP contribution is -2.24. The third kappa shape index (κ3) is 4.26. The van der Waals surface area contributed by atoms with Crippen molar-refractivity contribution in [2.45, 2.75) is 27.2 Å². The summed E-state index contributed by atoms with van der Waals surface area (Å²) in [5, 5.41) is 2.79. The van der Waals surface area contributed by atoms with Gasteiger partial charge in [0, 0.05) is 12.2 Å². The minimum absolute atomic E-state index is 0.148. The zero-order valence-corrected chi connectivity index (χ0v) is 10.6. The van der Waals surface area contributed by atoms with Crippen LogP contribution in [-0.4, -0.2) is 22.4 Å². The molecule has 0 saturated heterocycles. The summed E-state index contributed by atoms with van der Waals surface area (Å²) in [5.74, 6) is -0.148. The molecule has 0 unspecified atom stereocenters. The van der Waals surface area contributed by atoms with Crippen LogP contribution in [0, 0.1) is 6.92 Å². The Kier molecular flexibility index (Phi) is 5.20. The first kappa shape index (κ1) is 13.2. The molecule has 0 aliphatic rings. The number of rotatable bonds is 5. The Morgan fingerprint density at radius 2 is 2.35 bits per heavy atom. The van der Waals surface area contributed by atoms with E-state index in [2.05, 4.69) is 28.3 Å². The quantitative estimate of drug-likeness (QED) is 0.767. The summed E-state index contributed by atoms with van der Waals surface area (Å²) in [6.45, 7) is 6.48.